The van der Waals surface area contributed by atoms with Gasteiger partial charge in [0.1, 0.15) is 0 Å². The second-order valence-electron chi connectivity index (χ2n) is 1.40. The van der Waals surface area contributed by atoms with Gasteiger partial charge in [-0.15, -0.1) is 24.8 Å². The van der Waals surface area contributed by atoms with Crippen molar-refractivity contribution in [2.75, 3.05) is 0 Å². The fraction of sp³-hybridized carbons (Fsp3) is 0.400. The van der Waals surface area contributed by atoms with Gasteiger partial charge in [0.2, 0.25) is 0 Å². The van der Waals surface area contributed by atoms with Crippen LogP contribution in [0.5, 0.6) is 0 Å². The number of halogens is 2. The molecule has 0 aliphatic rings. The van der Waals surface area contributed by atoms with E-state index < -0.39 is 0 Å². The van der Waals surface area contributed by atoms with E-state index in [0.29, 0.717) is 0 Å². The van der Waals surface area contributed by atoms with Gasteiger partial charge in [0, 0.05) is 6.08 Å². The highest BCUT2D eigenvalue weighted by Gasteiger charge is 1.82. The zero-order chi connectivity index (χ0) is 5.86. The molecule has 9 heavy (non-hydrogen) atoms. The van der Waals surface area contributed by atoms with E-state index >= 15 is 0 Å². The highest BCUT2D eigenvalue weighted by molar-refractivity contribution is 5.87. The Hall–Kier alpha value is -0.210. The number of allylic oxidation sites excluding steroid dienone is 2. The molecule has 0 radical (unpaired) electrons. The Morgan fingerprint density at radius 3 is 1.67 bits per heavy atom. The molecule has 0 aliphatic heterocycles. The summed E-state index contributed by atoms with van der Waals surface area (Å²) in [5.41, 5.74) is 0. The Morgan fingerprint density at radius 1 is 1.33 bits per heavy atom. The molecule has 0 aromatic rings. The Kier molecular flexibility index (Phi) is 13.8. The van der Waals surface area contributed by atoms with Crippen molar-refractivity contribution in [2.24, 2.45) is 0 Å². The maximum atomic E-state index is 10.0. The van der Waals surface area contributed by atoms with Crippen molar-refractivity contribution in [3.05, 3.63) is 11.8 Å². The van der Waals surface area contributed by atoms with Crippen LogP contribution in [0.2, 0.25) is 0 Å². The SMILES string of the molecule is CC(=O)/C=C(/C)O.Cl.Cl. The van der Waals surface area contributed by atoms with Gasteiger partial charge in [-0.05, 0) is 13.8 Å². The molecule has 0 aromatic heterocycles. The Bertz CT molecular complexity index is 106. The number of carbonyl (C=O) groups excluding carboxylic acids is 1. The summed E-state index contributed by atoms with van der Waals surface area (Å²) in [4.78, 5) is 10.0. The highest BCUT2D eigenvalue weighted by Crippen LogP contribution is 1.82. The number of aliphatic hydroxyl groups excluding tert-OH is 1. The molecule has 0 saturated heterocycles. The molecule has 4 heteroatoms. The summed E-state index contributed by atoms with van der Waals surface area (Å²) in [7, 11) is 0. The molecular weight excluding hydrogens is 163 g/mol. The number of rotatable bonds is 1. The van der Waals surface area contributed by atoms with Crippen molar-refractivity contribution in [3.63, 3.8) is 0 Å². The van der Waals surface area contributed by atoms with Crippen molar-refractivity contribution in [1.29, 1.82) is 0 Å². The second-order valence-corrected chi connectivity index (χ2v) is 1.40. The summed E-state index contributed by atoms with van der Waals surface area (Å²) < 4.78 is 0. The molecule has 0 atom stereocenters. The van der Waals surface area contributed by atoms with E-state index in [0.717, 1.165) is 0 Å². The number of hydrogen-bond acceptors (Lipinski definition) is 2. The van der Waals surface area contributed by atoms with E-state index in [1.807, 2.05) is 0 Å². The lowest BCUT2D eigenvalue weighted by Crippen LogP contribution is -1.82. The molecular formula is C5H10Cl2O2. The van der Waals surface area contributed by atoms with Crippen LogP contribution in [0, 0.1) is 0 Å². The molecule has 0 rings (SSSR count). The summed E-state index contributed by atoms with van der Waals surface area (Å²) in [5, 5.41) is 8.36. The first-order valence-corrected chi connectivity index (χ1v) is 2.01. The Balaban J connectivity index is -0.000000180. The van der Waals surface area contributed by atoms with Crippen LogP contribution in [0.15, 0.2) is 11.8 Å². The molecule has 0 fully saturated rings. The lowest BCUT2D eigenvalue weighted by atomic mass is 10.4. The van der Waals surface area contributed by atoms with E-state index in [1.54, 1.807) is 0 Å². The van der Waals surface area contributed by atoms with Crippen LogP contribution < -0.4 is 0 Å². The first-order valence-electron chi connectivity index (χ1n) is 2.01. The number of ketones is 1. The Morgan fingerprint density at radius 2 is 1.67 bits per heavy atom. The largest absolute Gasteiger partial charge is 0.512 e. The van der Waals surface area contributed by atoms with E-state index in [9.17, 15) is 4.79 Å². The minimum absolute atomic E-state index is 0. The standard InChI is InChI=1S/C5H8O2.2ClH/c1-4(6)3-5(2)7;;/h3,6H,1-2H3;2*1H/b4-3-;;. The lowest BCUT2D eigenvalue weighted by Gasteiger charge is -1.80. The Labute approximate surface area is 66.8 Å². The zero-order valence-electron chi connectivity index (χ0n) is 5.25. The smallest absolute Gasteiger partial charge is 0.155 e. The van der Waals surface area contributed by atoms with Gasteiger partial charge in [0.15, 0.2) is 5.78 Å². The average Bonchev–Trinajstić information content (AvgIpc) is 1.27. The minimum Gasteiger partial charge on any atom is -0.512 e. The maximum absolute atomic E-state index is 10.0. The van der Waals surface area contributed by atoms with E-state index in [-0.39, 0.29) is 36.4 Å². The predicted molar refractivity (Wildman–Crippen MR) is 41.6 cm³/mol. The van der Waals surface area contributed by atoms with E-state index in [1.165, 1.54) is 19.9 Å². The topological polar surface area (TPSA) is 37.3 Å². The van der Waals surface area contributed by atoms with Gasteiger partial charge < -0.3 is 5.11 Å². The summed E-state index contributed by atoms with van der Waals surface area (Å²) in [6, 6.07) is 0. The van der Waals surface area contributed by atoms with Crippen molar-refractivity contribution >= 4 is 30.6 Å². The van der Waals surface area contributed by atoms with Crippen molar-refractivity contribution in [2.45, 2.75) is 13.8 Å². The van der Waals surface area contributed by atoms with Crippen LogP contribution in [0.1, 0.15) is 13.8 Å². The molecule has 0 saturated carbocycles. The summed E-state index contributed by atoms with van der Waals surface area (Å²) in [5.74, 6) is -0.0625. The second kappa shape index (κ2) is 7.79. The third kappa shape index (κ3) is 18.2. The van der Waals surface area contributed by atoms with Gasteiger partial charge in [0.05, 0.1) is 5.76 Å². The first kappa shape index (κ1) is 15.9. The van der Waals surface area contributed by atoms with Crippen molar-refractivity contribution in [1.82, 2.24) is 0 Å². The van der Waals surface area contributed by atoms with Crippen LogP contribution in [-0.2, 0) is 4.79 Å². The summed E-state index contributed by atoms with van der Waals surface area (Å²) >= 11 is 0. The van der Waals surface area contributed by atoms with Crippen LogP contribution in [-0.4, -0.2) is 10.9 Å². The molecule has 2 nitrogen and oxygen atoms in total. The fourth-order valence-electron chi connectivity index (χ4n) is 0.294. The average molecular weight is 173 g/mol. The molecule has 1 N–H and O–H groups in total. The minimum atomic E-state index is -0.125. The van der Waals surface area contributed by atoms with E-state index in [2.05, 4.69) is 0 Å². The van der Waals surface area contributed by atoms with Gasteiger partial charge in [-0.3, -0.25) is 4.79 Å². The van der Waals surface area contributed by atoms with Crippen LogP contribution in [0.4, 0.5) is 0 Å². The number of aliphatic hydroxyl groups is 1. The van der Waals surface area contributed by atoms with Gasteiger partial charge in [0.25, 0.3) is 0 Å². The normalized spacial score (nSPS) is 8.89. The molecule has 0 spiro atoms. The fourth-order valence-corrected chi connectivity index (χ4v) is 0.294. The number of hydrogen-bond donors (Lipinski definition) is 1. The van der Waals surface area contributed by atoms with E-state index in [4.69, 9.17) is 5.11 Å². The number of carbonyl (C=O) groups is 1. The third-order valence-corrected chi connectivity index (χ3v) is 0.412. The zero-order valence-corrected chi connectivity index (χ0v) is 6.88. The van der Waals surface area contributed by atoms with Crippen LogP contribution in [0.25, 0.3) is 0 Å². The first-order chi connectivity index (χ1) is 3.13. The summed E-state index contributed by atoms with van der Waals surface area (Å²) in [6.45, 7) is 2.85. The van der Waals surface area contributed by atoms with Crippen LogP contribution in [0.3, 0.4) is 0 Å². The van der Waals surface area contributed by atoms with Gasteiger partial charge >= 0.3 is 0 Å². The van der Waals surface area contributed by atoms with Gasteiger partial charge in [-0.2, -0.15) is 0 Å². The third-order valence-electron chi connectivity index (χ3n) is 0.412. The molecule has 0 bridgehead atoms. The molecule has 0 unspecified atom stereocenters. The van der Waals surface area contributed by atoms with Crippen molar-refractivity contribution in [3.8, 4) is 0 Å². The highest BCUT2D eigenvalue weighted by atomic mass is 35.5. The maximum Gasteiger partial charge on any atom is 0.155 e. The molecule has 0 amide bonds. The van der Waals surface area contributed by atoms with Gasteiger partial charge in [-0.25, -0.2) is 0 Å². The molecule has 0 heterocycles. The molecule has 0 aliphatic carbocycles. The quantitative estimate of drug-likeness (QED) is 0.485. The monoisotopic (exact) mass is 172 g/mol. The lowest BCUT2D eigenvalue weighted by molar-refractivity contribution is -0.112. The predicted octanol–water partition coefficient (Wildman–Crippen LogP) is 1.88. The molecule has 0 aromatic carbocycles. The van der Waals surface area contributed by atoms with Crippen LogP contribution >= 0.6 is 24.8 Å². The molecule has 56 valence electrons. The van der Waals surface area contributed by atoms with Gasteiger partial charge in [-0.1, -0.05) is 0 Å². The van der Waals surface area contributed by atoms with Crippen molar-refractivity contribution < 1.29 is 9.90 Å². The summed E-state index contributed by atoms with van der Waals surface area (Å²) in [6.07, 6.45) is 1.17.